The number of hydrogen-bond donors (Lipinski definition) is 1. The third kappa shape index (κ3) is 3.23. The lowest BCUT2D eigenvalue weighted by Gasteiger charge is -2.20. The molecule has 1 amide bonds. The summed E-state index contributed by atoms with van der Waals surface area (Å²) in [7, 11) is 0. The largest absolute Gasteiger partial charge is 0.446 e. The van der Waals surface area contributed by atoms with Gasteiger partial charge in [0.25, 0.3) is 5.91 Å². The Balaban J connectivity index is 1.73. The first-order valence-electron chi connectivity index (χ1n) is 8.82. The fourth-order valence-electron chi connectivity index (χ4n) is 3.28. The third-order valence-electron chi connectivity index (χ3n) is 4.77. The topological polar surface area (TPSA) is 85.3 Å². The highest BCUT2D eigenvalue weighted by molar-refractivity contribution is 6.00. The molecular weight excluding hydrogens is 375 g/mol. The Bertz CT molecular complexity index is 1070. The summed E-state index contributed by atoms with van der Waals surface area (Å²) in [5.41, 5.74) is 1.79. The van der Waals surface area contributed by atoms with Crippen molar-refractivity contribution < 1.29 is 22.4 Å². The average Bonchev–Trinajstić information content (AvgIpc) is 3.24. The molecule has 148 valence electrons. The number of alkyl halides is 3. The summed E-state index contributed by atoms with van der Waals surface area (Å²) in [6.45, 7) is 5.21. The summed E-state index contributed by atoms with van der Waals surface area (Å²) >= 11 is 0. The van der Waals surface area contributed by atoms with Gasteiger partial charge < -0.3 is 9.73 Å². The van der Waals surface area contributed by atoms with E-state index in [4.69, 9.17) is 4.42 Å². The maximum absolute atomic E-state index is 13.3. The second-order valence-electron chi connectivity index (χ2n) is 7.04. The van der Waals surface area contributed by atoms with Gasteiger partial charge in [0.2, 0.25) is 0 Å². The maximum atomic E-state index is 13.3. The minimum Gasteiger partial charge on any atom is -0.446 e. The number of rotatable bonds is 4. The number of hydrogen-bond acceptors (Lipinski definition) is 5. The molecule has 0 radical (unpaired) electrons. The van der Waals surface area contributed by atoms with Crippen molar-refractivity contribution in [3.63, 3.8) is 0 Å². The fraction of sp³-hybridized carbons (Fsp3) is 0.444. The Morgan fingerprint density at radius 2 is 2.00 bits per heavy atom. The van der Waals surface area contributed by atoms with Crippen LogP contribution in [0.1, 0.15) is 40.5 Å². The molecule has 10 heteroatoms. The summed E-state index contributed by atoms with van der Waals surface area (Å²) in [6, 6.07) is -0.131. The second kappa shape index (κ2) is 6.32. The van der Waals surface area contributed by atoms with E-state index in [1.54, 1.807) is 26.8 Å². The van der Waals surface area contributed by atoms with E-state index in [1.165, 1.54) is 10.7 Å². The second-order valence-corrected chi connectivity index (χ2v) is 7.04. The number of carbonyl (C=O) groups excluding carboxylic acids is 1. The Morgan fingerprint density at radius 3 is 2.57 bits per heavy atom. The smallest absolute Gasteiger partial charge is 0.408 e. The van der Waals surface area contributed by atoms with Gasteiger partial charge in [-0.1, -0.05) is 0 Å². The highest BCUT2D eigenvalue weighted by Crippen LogP contribution is 2.40. The molecule has 1 aliphatic carbocycles. The van der Waals surface area contributed by atoms with Crippen molar-refractivity contribution in [2.45, 2.75) is 45.8 Å². The number of fused-ring (bicyclic) bond motifs is 1. The third-order valence-corrected chi connectivity index (χ3v) is 4.77. The fourth-order valence-corrected chi connectivity index (χ4v) is 3.28. The zero-order chi connectivity index (χ0) is 20.2. The minimum atomic E-state index is -4.50. The number of carbonyl (C=O) groups is 1. The van der Waals surface area contributed by atoms with Crippen LogP contribution in [0.5, 0.6) is 0 Å². The van der Waals surface area contributed by atoms with Crippen LogP contribution in [0.4, 0.5) is 13.2 Å². The molecule has 7 nitrogen and oxygen atoms in total. The Kier molecular flexibility index (Phi) is 4.16. The van der Waals surface area contributed by atoms with E-state index < -0.39 is 24.0 Å². The van der Waals surface area contributed by atoms with Gasteiger partial charge in [-0.2, -0.15) is 18.3 Å². The summed E-state index contributed by atoms with van der Waals surface area (Å²) in [5, 5.41) is 6.22. The number of oxazole rings is 1. The van der Waals surface area contributed by atoms with Crippen LogP contribution in [-0.4, -0.2) is 37.7 Å². The number of aryl methyl sites for hydroxylation is 3. The molecule has 0 spiro atoms. The molecule has 0 aliphatic heterocycles. The van der Waals surface area contributed by atoms with Gasteiger partial charge in [0, 0.05) is 12.6 Å². The average molecular weight is 393 g/mol. The van der Waals surface area contributed by atoms with Crippen LogP contribution < -0.4 is 5.32 Å². The maximum Gasteiger partial charge on any atom is 0.408 e. The van der Waals surface area contributed by atoms with Gasteiger partial charge in [-0.05, 0) is 38.7 Å². The Morgan fingerprint density at radius 1 is 1.29 bits per heavy atom. The van der Waals surface area contributed by atoms with E-state index in [9.17, 15) is 18.0 Å². The van der Waals surface area contributed by atoms with Crippen LogP contribution in [0, 0.1) is 26.7 Å². The summed E-state index contributed by atoms with van der Waals surface area (Å²) in [4.78, 5) is 21.3. The molecule has 3 aromatic rings. The number of nitrogens with zero attached hydrogens (tertiary/aromatic N) is 4. The van der Waals surface area contributed by atoms with Crippen LogP contribution in [-0.2, 0) is 0 Å². The van der Waals surface area contributed by atoms with Crippen molar-refractivity contribution in [1.29, 1.82) is 0 Å². The van der Waals surface area contributed by atoms with Gasteiger partial charge >= 0.3 is 6.18 Å². The molecule has 0 saturated heterocycles. The molecule has 1 saturated carbocycles. The first-order chi connectivity index (χ1) is 13.1. The number of halogens is 3. The molecule has 1 aliphatic rings. The molecule has 28 heavy (non-hydrogen) atoms. The van der Waals surface area contributed by atoms with E-state index >= 15 is 0 Å². The molecule has 3 aromatic heterocycles. The summed E-state index contributed by atoms with van der Waals surface area (Å²) in [6.07, 6.45) is -2.36. The van der Waals surface area contributed by atoms with Crippen molar-refractivity contribution in [2.75, 3.05) is 0 Å². The lowest BCUT2D eigenvalue weighted by molar-refractivity contribution is -0.158. The molecule has 0 unspecified atom stereocenters. The molecule has 0 aromatic carbocycles. The summed E-state index contributed by atoms with van der Waals surface area (Å²) in [5.74, 6) is -0.390. The lowest BCUT2D eigenvalue weighted by Crippen LogP contribution is -2.46. The first kappa shape index (κ1) is 18.5. The summed E-state index contributed by atoms with van der Waals surface area (Å²) < 4.78 is 46.6. The quantitative estimate of drug-likeness (QED) is 0.735. The highest BCUT2D eigenvalue weighted by Gasteiger charge is 2.49. The predicted molar refractivity (Wildman–Crippen MR) is 92.7 cm³/mol. The van der Waals surface area contributed by atoms with Crippen molar-refractivity contribution in [1.82, 2.24) is 24.9 Å². The zero-order valence-corrected chi connectivity index (χ0v) is 15.5. The zero-order valence-electron chi connectivity index (χ0n) is 15.5. The molecule has 4 rings (SSSR count). The molecule has 0 bridgehead atoms. The van der Waals surface area contributed by atoms with Gasteiger partial charge in [-0.15, -0.1) is 0 Å². The van der Waals surface area contributed by atoms with E-state index in [0.29, 0.717) is 41.6 Å². The standard InChI is InChI=1S/C18H18F3N5O2/c1-8-6-13(14-9(2)28-10(3)23-14)24-16-12(7-22-26(8)16)17(27)25-15(11-4-5-11)18(19,20)21/h6-7,11,15H,4-5H2,1-3H3,(H,25,27)/t15-/m1/s1. The van der Waals surface area contributed by atoms with Crippen LogP contribution in [0.3, 0.4) is 0 Å². The first-order valence-corrected chi connectivity index (χ1v) is 8.82. The molecule has 1 N–H and O–H groups in total. The van der Waals surface area contributed by atoms with E-state index in [1.807, 2.05) is 0 Å². The van der Waals surface area contributed by atoms with Gasteiger partial charge in [0.15, 0.2) is 11.5 Å². The monoisotopic (exact) mass is 393 g/mol. The molecular formula is C18H18F3N5O2. The number of aromatic nitrogens is 4. The van der Waals surface area contributed by atoms with Gasteiger partial charge in [-0.3, -0.25) is 4.79 Å². The Hall–Kier alpha value is -2.91. The lowest BCUT2D eigenvalue weighted by atomic mass is 10.1. The van der Waals surface area contributed by atoms with Crippen LogP contribution in [0.25, 0.3) is 17.0 Å². The van der Waals surface area contributed by atoms with Crippen LogP contribution >= 0.6 is 0 Å². The van der Waals surface area contributed by atoms with E-state index in [0.717, 1.165) is 0 Å². The van der Waals surface area contributed by atoms with Crippen LogP contribution in [0.2, 0.25) is 0 Å². The van der Waals surface area contributed by atoms with Crippen molar-refractivity contribution in [2.24, 2.45) is 5.92 Å². The minimum absolute atomic E-state index is 0.0160. The van der Waals surface area contributed by atoms with Gasteiger partial charge in [-0.25, -0.2) is 14.5 Å². The highest BCUT2D eigenvalue weighted by atomic mass is 19.4. The molecule has 1 atom stereocenters. The van der Waals surface area contributed by atoms with E-state index in [-0.39, 0.29) is 11.2 Å². The van der Waals surface area contributed by atoms with Gasteiger partial charge in [0.1, 0.15) is 23.1 Å². The molecule has 3 heterocycles. The van der Waals surface area contributed by atoms with Gasteiger partial charge in [0.05, 0.1) is 11.9 Å². The number of amides is 1. The van der Waals surface area contributed by atoms with Crippen molar-refractivity contribution in [3.05, 3.63) is 35.2 Å². The van der Waals surface area contributed by atoms with Crippen molar-refractivity contribution >= 4 is 11.6 Å². The Labute approximate surface area is 158 Å². The predicted octanol–water partition coefficient (Wildman–Crippen LogP) is 3.38. The SMILES string of the molecule is Cc1nc(-c2cc(C)n3ncc(C(=O)N[C@H](C4CC4)C(F)(F)F)c3n2)c(C)o1. The normalized spacial score (nSPS) is 15.8. The number of nitrogens with one attached hydrogen (secondary N) is 1. The van der Waals surface area contributed by atoms with E-state index in [2.05, 4.69) is 20.4 Å². The van der Waals surface area contributed by atoms with Crippen molar-refractivity contribution in [3.8, 4) is 11.4 Å². The molecule has 1 fully saturated rings. The van der Waals surface area contributed by atoms with Crippen LogP contribution in [0.15, 0.2) is 16.7 Å².